The zero-order chi connectivity index (χ0) is 15.7. The lowest BCUT2D eigenvalue weighted by Crippen LogP contribution is -2.04. The molecule has 0 saturated heterocycles. The maximum atomic E-state index is 13.0. The number of halogens is 1. The number of rotatable bonds is 4. The summed E-state index contributed by atoms with van der Waals surface area (Å²) in [7, 11) is 0. The van der Waals surface area contributed by atoms with Crippen LogP contribution in [0, 0.1) is 19.7 Å². The third-order valence-corrected chi connectivity index (χ3v) is 4.21. The van der Waals surface area contributed by atoms with E-state index in [9.17, 15) is 4.39 Å². The second-order valence-corrected chi connectivity index (χ2v) is 5.49. The quantitative estimate of drug-likeness (QED) is 0.772. The van der Waals surface area contributed by atoms with Crippen molar-refractivity contribution < 1.29 is 4.39 Å². The monoisotopic (exact) mass is 297 g/mol. The van der Waals surface area contributed by atoms with E-state index in [1.165, 1.54) is 23.4 Å². The fourth-order valence-electron chi connectivity index (χ4n) is 2.88. The van der Waals surface area contributed by atoms with Crippen molar-refractivity contribution in [1.82, 2.24) is 9.55 Å². The molecule has 0 saturated carbocycles. The molecule has 2 heterocycles. The largest absolute Gasteiger partial charge is 0.379 e. The van der Waals surface area contributed by atoms with Crippen LogP contribution in [-0.4, -0.2) is 9.55 Å². The van der Waals surface area contributed by atoms with Gasteiger partial charge in [-0.25, -0.2) is 4.39 Å². The first kappa shape index (κ1) is 14.6. The van der Waals surface area contributed by atoms with Crippen molar-refractivity contribution in [1.29, 1.82) is 0 Å². The number of hydrogen-bond acceptors (Lipinski definition) is 2. The number of anilines is 1. The summed E-state index contributed by atoms with van der Waals surface area (Å²) in [5.74, 6) is -0.207. The molecule has 114 valence electrons. The van der Waals surface area contributed by atoms with E-state index in [-0.39, 0.29) is 5.82 Å². The van der Waals surface area contributed by atoms with Crippen molar-refractivity contribution in [3.8, 4) is 0 Å². The van der Waals surface area contributed by atoms with E-state index in [1.807, 2.05) is 12.3 Å². The van der Waals surface area contributed by atoms with Gasteiger partial charge in [0, 0.05) is 25.0 Å². The molecule has 0 aliphatic rings. The Hall–Kier alpha value is -2.36. The molecular weight excluding hydrogens is 277 g/mol. The van der Waals surface area contributed by atoms with Crippen molar-refractivity contribution in [3.63, 3.8) is 0 Å². The highest BCUT2D eigenvalue weighted by atomic mass is 19.1. The van der Waals surface area contributed by atoms with Gasteiger partial charge in [0.05, 0.1) is 16.7 Å². The van der Waals surface area contributed by atoms with Crippen LogP contribution < -0.4 is 5.32 Å². The molecule has 3 aromatic rings. The standard InChI is InChI=1S/C18H20FN3/c1-4-22-13(3)12(2)17-18(22)16(9-10-20-17)21-11-14-5-7-15(19)8-6-14/h5-10H,4,11H2,1-3H3,(H,20,21). The van der Waals surface area contributed by atoms with Gasteiger partial charge in [0.2, 0.25) is 0 Å². The summed E-state index contributed by atoms with van der Waals surface area (Å²) >= 11 is 0. The normalized spacial score (nSPS) is 11.1. The molecule has 0 bridgehead atoms. The fraction of sp³-hybridized carbons (Fsp3) is 0.278. The van der Waals surface area contributed by atoms with Crippen molar-refractivity contribution in [2.45, 2.75) is 33.9 Å². The molecule has 2 aromatic heterocycles. The molecule has 0 radical (unpaired) electrons. The van der Waals surface area contributed by atoms with Crippen LogP contribution in [0.5, 0.6) is 0 Å². The first-order valence-corrected chi connectivity index (χ1v) is 7.54. The Bertz CT molecular complexity index is 803. The van der Waals surface area contributed by atoms with Crippen LogP contribution in [0.15, 0.2) is 36.5 Å². The van der Waals surface area contributed by atoms with Gasteiger partial charge in [0.15, 0.2) is 0 Å². The average Bonchev–Trinajstić information content (AvgIpc) is 2.79. The highest BCUT2D eigenvalue weighted by Crippen LogP contribution is 2.29. The van der Waals surface area contributed by atoms with Crippen LogP contribution in [0.4, 0.5) is 10.1 Å². The lowest BCUT2D eigenvalue weighted by Gasteiger charge is -2.11. The third-order valence-electron chi connectivity index (χ3n) is 4.21. The number of nitrogens with zero attached hydrogens (tertiary/aromatic N) is 2. The van der Waals surface area contributed by atoms with E-state index in [2.05, 4.69) is 35.6 Å². The Balaban J connectivity index is 1.97. The zero-order valence-corrected chi connectivity index (χ0v) is 13.2. The number of hydrogen-bond donors (Lipinski definition) is 1. The van der Waals surface area contributed by atoms with Crippen LogP contribution in [0.2, 0.25) is 0 Å². The second-order valence-electron chi connectivity index (χ2n) is 5.49. The second kappa shape index (κ2) is 5.79. The van der Waals surface area contributed by atoms with Crippen LogP contribution >= 0.6 is 0 Å². The minimum absolute atomic E-state index is 0.207. The van der Waals surface area contributed by atoms with Gasteiger partial charge in [-0.1, -0.05) is 12.1 Å². The van der Waals surface area contributed by atoms with Crippen LogP contribution in [0.1, 0.15) is 23.7 Å². The number of aromatic nitrogens is 2. The summed E-state index contributed by atoms with van der Waals surface area (Å²) < 4.78 is 15.3. The maximum absolute atomic E-state index is 13.0. The minimum Gasteiger partial charge on any atom is -0.379 e. The Kier molecular flexibility index (Phi) is 3.84. The predicted molar refractivity (Wildman–Crippen MR) is 88.6 cm³/mol. The zero-order valence-electron chi connectivity index (χ0n) is 13.2. The minimum atomic E-state index is -0.207. The molecule has 3 nitrogen and oxygen atoms in total. The van der Waals surface area contributed by atoms with Crippen molar-refractivity contribution in [2.75, 3.05) is 5.32 Å². The van der Waals surface area contributed by atoms with E-state index >= 15 is 0 Å². The van der Waals surface area contributed by atoms with E-state index in [0.29, 0.717) is 6.54 Å². The topological polar surface area (TPSA) is 29.9 Å². The molecule has 0 amide bonds. The highest BCUT2D eigenvalue weighted by molar-refractivity contribution is 5.92. The summed E-state index contributed by atoms with van der Waals surface area (Å²) in [4.78, 5) is 4.53. The molecule has 0 aliphatic carbocycles. The molecule has 4 heteroatoms. The first-order valence-electron chi connectivity index (χ1n) is 7.54. The molecular formula is C18H20FN3. The SMILES string of the molecule is CCn1c(C)c(C)c2nccc(NCc3ccc(F)cc3)c21. The maximum Gasteiger partial charge on any atom is 0.123 e. The van der Waals surface area contributed by atoms with E-state index in [4.69, 9.17) is 0 Å². The van der Waals surface area contributed by atoms with Gasteiger partial charge in [-0.15, -0.1) is 0 Å². The Morgan fingerprint density at radius 1 is 1.14 bits per heavy atom. The fourth-order valence-corrected chi connectivity index (χ4v) is 2.88. The molecule has 0 spiro atoms. The van der Waals surface area contributed by atoms with Gasteiger partial charge in [-0.2, -0.15) is 0 Å². The van der Waals surface area contributed by atoms with E-state index in [0.717, 1.165) is 28.8 Å². The van der Waals surface area contributed by atoms with Crippen molar-refractivity contribution in [2.24, 2.45) is 0 Å². The summed E-state index contributed by atoms with van der Waals surface area (Å²) in [6.07, 6.45) is 1.84. The van der Waals surface area contributed by atoms with E-state index in [1.54, 1.807) is 12.1 Å². The van der Waals surface area contributed by atoms with Gasteiger partial charge >= 0.3 is 0 Å². The molecule has 0 atom stereocenters. The summed E-state index contributed by atoms with van der Waals surface area (Å²) in [5, 5.41) is 3.46. The molecule has 1 N–H and O–H groups in total. The number of fused-ring (bicyclic) bond motifs is 1. The Morgan fingerprint density at radius 2 is 1.86 bits per heavy atom. The van der Waals surface area contributed by atoms with Gasteiger partial charge in [0.25, 0.3) is 0 Å². The lowest BCUT2D eigenvalue weighted by molar-refractivity contribution is 0.627. The molecule has 1 aromatic carbocycles. The van der Waals surface area contributed by atoms with E-state index < -0.39 is 0 Å². The highest BCUT2D eigenvalue weighted by Gasteiger charge is 2.14. The van der Waals surface area contributed by atoms with Crippen LogP contribution in [0.3, 0.4) is 0 Å². The summed E-state index contributed by atoms with van der Waals surface area (Å²) in [6, 6.07) is 8.58. The Labute approximate surface area is 129 Å². The third kappa shape index (κ3) is 2.45. The van der Waals surface area contributed by atoms with Gasteiger partial charge in [0.1, 0.15) is 5.82 Å². The molecule has 0 fully saturated rings. The smallest absolute Gasteiger partial charge is 0.123 e. The average molecular weight is 297 g/mol. The van der Waals surface area contributed by atoms with Gasteiger partial charge in [-0.3, -0.25) is 4.98 Å². The van der Waals surface area contributed by atoms with Crippen molar-refractivity contribution in [3.05, 3.63) is 59.2 Å². The Morgan fingerprint density at radius 3 is 2.55 bits per heavy atom. The van der Waals surface area contributed by atoms with Gasteiger partial charge in [-0.05, 0) is 50.1 Å². The first-order chi connectivity index (χ1) is 10.6. The summed E-state index contributed by atoms with van der Waals surface area (Å²) in [6.45, 7) is 7.95. The van der Waals surface area contributed by atoms with Gasteiger partial charge < -0.3 is 9.88 Å². The number of benzene rings is 1. The van der Waals surface area contributed by atoms with Crippen LogP contribution in [0.25, 0.3) is 11.0 Å². The number of aryl methyl sites for hydroxylation is 2. The predicted octanol–water partition coefficient (Wildman–Crippen LogP) is 4.42. The molecule has 0 aliphatic heterocycles. The molecule has 0 unspecified atom stereocenters. The van der Waals surface area contributed by atoms with Crippen LogP contribution in [-0.2, 0) is 13.1 Å². The molecule has 22 heavy (non-hydrogen) atoms. The number of pyridine rings is 1. The molecule has 3 rings (SSSR count). The van der Waals surface area contributed by atoms with Crippen molar-refractivity contribution >= 4 is 16.7 Å². The number of nitrogens with one attached hydrogen (secondary N) is 1. The lowest BCUT2D eigenvalue weighted by atomic mass is 10.2. The summed E-state index contributed by atoms with van der Waals surface area (Å²) in [5.41, 5.74) is 6.77.